The normalized spacial score (nSPS) is 12.1. The first kappa shape index (κ1) is 24.1. The summed E-state index contributed by atoms with van der Waals surface area (Å²) in [7, 11) is 3.11. The van der Waals surface area contributed by atoms with Gasteiger partial charge in [-0.05, 0) is 44.9 Å². The van der Waals surface area contributed by atoms with Crippen LogP contribution in [0.5, 0.6) is 11.5 Å². The summed E-state index contributed by atoms with van der Waals surface area (Å²) in [6.45, 7) is 8.45. The number of carbonyl (C=O) groups excluding carboxylic acids is 1. The number of carbonyl (C=O) groups is 1. The van der Waals surface area contributed by atoms with Crippen molar-refractivity contribution in [3.63, 3.8) is 0 Å². The third-order valence-electron chi connectivity index (χ3n) is 5.29. The first-order valence-electron chi connectivity index (χ1n) is 10.5. The Morgan fingerprint density at radius 3 is 2.62 bits per heavy atom. The molecule has 1 aromatic carbocycles. The molecule has 0 aliphatic heterocycles. The number of fused-ring (bicyclic) bond motifs is 1. The minimum absolute atomic E-state index is 0.0275. The molecule has 172 valence electrons. The van der Waals surface area contributed by atoms with Crippen LogP contribution in [0.15, 0.2) is 28.2 Å². The molecule has 3 rings (SSSR count). The van der Waals surface area contributed by atoms with Gasteiger partial charge in [0.05, 0.1) is 24.9 Å². The molecule has 7 nitrogen and oxygen atoms in total. The molecule has 0 bridgehead atoms. The first-order chi connectivity index (χ1) is 15.3. The molecule has 0 saturated heterocycles. The summed E-state index contributed by atoms with van der Waals surface area (Å²) in [5.74, 6) is 0.943. The van der Waals surface area contributed by atoms with Crippen LogP contribution in [0.1, 0.15) is 37.1 Å². The zero-order chi connectivity index (χ0) is 23.4. The third kappa shape index (κ3) is 4.94. The van der Waals surface area contributed by atoms with Crippen molar-refractivity contribution in [2.45, 2.75) is 57.5 Å². The SMILES string of the molecule is CCCCn1c(SC(C)C(=O)Nc2ccc(OC)c(OC)c2)nc2sc(C)c(C)c2c1=O. The number of thiophene rings is 1. The van der Waals surface area contributed by atoms with Crippen molar-refractivity contribution in [3.8, 4) is 11.5 Å². The summed E-state index contributed by atoms with van der Waals surface area (Å²) < 4.78 is 12.3. The molecule has 1 N–H and O–H groups in total. The van der Waals surface area contributed by atoms with Gasteiger partial charge in [-0.3, -0.25) is 14.2 Å². The van der Waals surface area contributed by atoms with Crippen molar-refractivity contribution in [3.05, 3.63) is 39.0 Å². The van der Waals surface area contributed by atoms with Crippen molar-refractivity contribution < 1.29 is 14.3 Å². The average molecular weight is 476 g/mol. The Morgan fingerprint density at radius 1 is 1.25 bits per heavy atom. The number of nitrogens with one attached hydrogen (secondary N) is 1. The van der Waals surface area contributed by atoms with Crippen LogP contribution in [-0.4, -0.2) is 34.9 Å². The van der Waals surface area contributed by atoms with Gasteiger partial charge in [0.15, 0.2) is 16.7 Å². The van der Waals surface area contributed by atoms with Crippen molar-refractivity contribution in [2.24, 2.45) is 0 Å². The van der Waals surface area contributed by atoms with Gasteiger partial charge in [0.2, 0.25) is 5.91 Å². The maximum Gasteiger partial charge on any atom is 0.263 e. The van der Waals surface area contributed by atoms with Crippen molar-refractivity contribution in [2.75, 3.05) is 19.5 Å². The Morgan fingerprint density at radius 2 is 1.97 bits per heavy atom. The fraction of sp³-hybridized carbons (Fsp3) is 0.435. The van der Waals surface area contributed by atoms with Crippen LogP contribution in [0.2, 0.25) is 0 Å². The van der Waals surface area contributed by atoms with Crippen molar-refractivity contribution in [1.82, 2.24) is 9.55 Å². The van der Waals surface area contributed by atoms with Gasteiger partial charge in [-0.25, -0.2) is 4.98 Å². The van der Waals surface area contributed by atoms with Crippen LogP contribution in [0.4, 0.5) is 5.69 Å². The molecule has 0 aliphatic carbocycles. The summed E-state index contributed by atoms with van der Waals surface area (Å²) in [5, 5.41) is 3.72. The lowest BCUT2D eigenvalue weighted by Gasteiger charge is -2.16. The molecule has 0 spiro atoms. The van der Waals surface area contributed by atoms with E-state index in [1.165, 1.54) is 23.1 Å². The standard InChI is InChI=1S/C23H29N3O4S2/c1-7-8-11-26-22(28)19-13(2)14(3)31-21(19)25-23(26)32-15(4)20(27)24-16-9-10-17(29-5)18(12-16)30-6/h9-10,12,15H,7-8,11H2,1-6H3,(H,24,27). The number of anilines is 1. The Hall–Kier alpha value is -2.52. The van der Waals surface area contributed by atoms with Gasteiger partial charge in [0.1, 0.15) is 4.83 Å². The lowest BCUT2D eigenvalue weighted by molar-refractivity contribution is -0.115. The largest absolute Gasteiger partial charge is 0.493 e. The number of methoxy groups -OCH3 is 2. The molecule has 0 radical (unpaired) electrons. The Kier molecular flexibility index (Phi) is 7.84. The smallest absolute Gasteiger partial charge is 0.263 e. The molecule has 1 atom stereocenters. The number of unbranched alkanes of at least 4 members (excludes halogenated alkanes) is 1. The summed E-state index contributed by atoms with van der Waals surface area (Å²) in [6.07, 6.45) is 1.83. The van der Waals surface area contributed by atoms with Crippen molar-refractivity contribution in [1.29, 1.82) is 0 Å². The fourth-order valence-corrected chi connectivity index (χ4v) is 5.29. The lowest BCUT2D eigenvalue weighted by Crippen LogP contribution is -2.27. The predicted molar refractivity (Wildman–Crippen MR) is 132 cm³/mol. The number of aryl methyl sites for hydroxylation is 2. The molecule has 9 heteroatoms. The highest BCUT2D eigenvalue weighted by molar-refractivity contribution is 8.00. The van der Waals surface area contributed by atoms with Gasteiger partial charge in [-0.15, -0.1) is 11.3 Å². The molecule has 1 amide bonds. The topological polar surface area (TPSA) is 82.5 Å². The van der Waals surface area contributed by atoms with E-state index in [1.54, 1.807) is 37.0 Å². The summed E-state index contributed by atoms with van der Waals surface area (Å²) in [4.78, 5) is 32.7. The van der Waals surface area contributed by atoms with Crippen LogP contribution in [-0.2, 0) is 11.3 Å². The van der Waals surface area contributed by atoms with Gasteiger partial charge >= 0.3 is 0 Å². The van der Waals surface area contributed by atoms with E-state index in [1.807, 2.05) is 20.8 Å². The molecule has 1 unspecified atom stereocenters. The second-order valence-electron chi connectivity index (χ2n) is 7.49. The zero-order valence-electron chi connectivity index (χ0n) is 19.3. The first-order valence-corrected chi connectivity index (χ1v) is 12.2. The minimum atomic E-state index is -0.456. The molecule has 0 saturated carbocycles. The van der Waals surface area contributed by atoms with Crippen LogP contribution in [0.3, 0.4) is 0 Å². The third-order valence-corrected chi connectivity index (χ3v) is 7.48. The van der Waals surface area contributed by atoms with Crippen LogP contribution in [0.25, 0.3) is 10.2 Å². The van der Waals surface area contributed by atoms with Crippen LogP contribution in [0, 0.1) is 13.8 Å². The maximum atomic E-state index is 13.3. The van der Waals surface area contributed by atoms with E-state index in [9.17, 15) is 9.59 Å². The molecular weight excluding hydrogens is 446 g/mol. The Balaban J connectivity index is 1.87. The predicted octanol–water partition coefficient (Wildman–Crippen LogP) is 5.01. The summed E-state index contributed by atoms with van der Waals surface area (Å²) in [6, 6.07) is 5.22. The molecule has 0 aliphatic rings. The molecule has 2 heterocycles. The zero-order valence-corrected chi connectivity index (χ0v) is 20.9. The number of hydrogen-bond acceptors (Lipinski definition) is 7. The quantitative estimate of drug-likeness (QED) is 0.346. The number of nitrogens with zero attached hydrogens (tertiary/aromatic N) is 2. The van der Waals surface area contributed by atoms with Gasteiger partial charge in [0, 0.05) is 23.2 Å². The van der Waals surface area contributed by atoms with E-state index in [4.69, 9.17) is 14.5 Å². The number of thioether (sulfide) groups is 1. The number of amides is 1. The highest BCUT2D eigenvalue weighted by Crippen LogP contribution is 2.32. The summed E-state index contributed by atoms with van der Waals surface area (Å²) >= 11 is 2.82. The monoisotopic (exact) mass is 475 g/mol. The van der Waals surface area contributed by atoms with E-state index in [0.717, 1.165) is 28.1 Å². The van der Waals surface area contributed by atoms with E-state index in [2.05, 4.69) is 12.2 Å². The number of benzene rings is 1. The Bertz CT molecular complexity index is 1190. The molecule has 32 heavy (non-hydrogen) atoms. The molecule has 0 fully saturated rings. The van der Waals surface area contributed by atoms with Crippen LogP contribution < -0.4 is 20.3 Å². The maximum absolute atomic E-state index is 13.3. The lowest BCUT2D eigenvalue weighted by atomic mass is 10.2. The fourth-order valence-electron chi connectivity index (χ4n) is 3.28. The van der Waals surface area contributed by atoms with Gasteiger partial charge in [-0.2, -0.15) is 0 Å². The van der Waals surface area contributed by atoms with Gasteiger partial charge in [-0.1, -0.05) is 25.1 Å². The highest BCUT2D eigenvalue weighted by Gasteiger charge is 2.22. The van der Waals surface area contributed by atoms with E-state index < -0.39 is 5.25 Å². The van der Waals surface area contributed by atoms with E-state index in [-0.39, 0.29) is 11.5 Å². The van der Waals surface area contributed by atoms with Gasteiger partial charge < -0.3 is 14.8 Å². The molecule has 2 aromatic heterocycles. The second kappa shape index (κ2) is 10.4. The Labute approximate surface area is 196 Å². The number of aromatic nitrogens is 2. The van der Waals surface area contributed by atoms with Gasteiger partial charge in [0.25, 0.3) is 5.56 Å². The minimum Gasteiger partial charge on any atom is -0.493 e. The number of rotatable bonds is 9. The second-order valence-corrected chi connectivity index (χ2v) is 10.00. The number of hydrogen-bond donors (Lipinski definition) is 1. The van der Waals surface area contributed by atoms with E-state index in [0.29, 0.717) is 34.3 Å². The summed E-state index contributed by atoms with van der Waals surface area (Å²) in [5.41, 5.74) is 1.57. The van der Waals surface area contributed by atoms with E-state index >= 15 is 0 Å². The highest BCUT2D eigenvalue weighted by atomic mass is 32.2. The van der Waals surface area contributed by atoms with Crippen LogP contribution >= 0.6 is 23.1 Å². The number of ether oxygens (including phenoxy) is 2. The van der Waals surface area contributed by atoms with Crippen molar-refractivity contribution >= 4 is 44.9 Å². The molecular formula is C23H29N3O4S2. The molecule has 3 aromatic rings. The average Bonchev–Trinajstić information content (AvgIpc) is 3.06.